The number of nitrogens with zero attached hydrogens (tertiary/aromatic N) is 3. The minimum Gasteiger partial charge on any atom is -0.393 e. The summed E-state index contributed by atoms with van der Waals surface area (Å²) in [4.78, 5) is 9.74. The lowest BCUT2D eigenvalue weighted by atomic mass is 9.65. The summed E-state index contributed by atoms with van der Waals surface area (Å²) in [5.74, 6) is 1.02. The van der Waals surface area contributed by atoms with Gasteiger partial charge in [-0.05, 0) is 44.7 Å². The maximum Gasteiger partial charge on any atom is 0.194 e. The summed E-state index contributed by atoms with van der Waals surface area (Å²) in [6, 6.07) is 8.84. The van der Waals surface area contributed by atoms with Gasteiger partial charge in [-0.15, -0.1) is 24.0 Å². The van der Waals surface area contributed by atoms with Gasteiger partial charge >= 0.3 is 0 Å². The van der Waals surface area contributed by atoms with Crippen LogP contribution in [0.3, 0.4) is 0 Å². The first-order valence-corrected chi connectivity index (χ1v) is 10.8. The third kappa shape index (κ3) is 5.64. The second-order valence-electron chi connectivity index (χ2n) is 9.52. The molecule has 2 aliphatic heterocycles. The minimum absolute atomic E-state index is 0. The summed E-state index contributed by atoms with van der Waals surface area (Å²) in [7, 11) is 0. The summed E-state index contributed by atoms with van der Waals surface area (Å²) in [6.45, 7) is 17.0. The topological polar surface area (TPSA) is 51.1 Å². The predicted octanol–water partition coefficient (Wildman–Crippen LogP) is 3.85. The van der Waals surface area contributed by atoms with E-state index in [0.717, 1.165) is 51.5 Å². The normalized spacial score (nSPS) is 22.0. The van der Waals surface area contributed by atoms with E-state index in [4.69, 9.17) is 4.99 Å². The molecule has 2 fully saturated rings. The van der Waals surface area contributed by atoms with Gasteiger partial charge in [0.05, 0.1) is 12.6 Å². The smallest absolute Gasteiger partial charge is 0.194 e. The van der Waals surface area contributed by atoms with Crippen LogP contribution in [0.25, 0.3) is 0 Å². The fourth-order valence-corrected chi connectivity index (χ4v) is 4.05. The number of guanidine groups is 1. The molecule has 0 aliphatic carbocycles. The van der Waals surface area contributed by atoms with E-state index in [1.807, 2.05) is 0 Å². The number of nitrogens with one attached hydrogen (secondary N) is 1. The van der Waals surface area contributed by atoms with Crippen molar-refractivity contribution in [3.63, 3.8) is 0 Å². The number of piperidine rings is 1. The highest BCUT2D eigenvalue weighted by atomic mass is 127. The van der Waals surface area contributed by atoms with Crippen molar-refractivity contribution in [2.75, 3.05) is 26.2 Å². The Labute approximate surface area is 194 Å². The molecule has 0 unspecified atom stereocenters. The summed E-state index contributed by atoms with van der Waals surface area (Å²) in [5, 5.41) is 13.1. The van der Waals surface area contributed by atoms with E-state index >= 15 is 0 Å². The molecule has 0 bridgehead atoms. The Hall–Kier alpha value is -0.860. The van der Waals surface area contributed by atoms with E-state index in [1.54, 1.807) is 0 Å². The molecule has 5 nitrogen and oxygen atoms in total. The highest BCUT2D eigenvalue weighted by Gasteiger charge is 2.53. The molecule has 164 valence electrons. The van der Waals surface area contributed by atoms with E-state index in [1.165, 1.54) is 11.1 Å². The number of aliphatic imine (C=N–C) groups is 1. The number of rotatable bonds is 5. The van der Waals surface area contributed by atoms with Crippen LogP contribution < -0.4 is 5.32 Å². The van der Waals surface area contributed by atoms with Crippen LogP contribution in [0.4, 0.5) is 0 Å². The lowest BCUT2D eigenvalue weighted by Gasteiger charge is -2.62. The maximum atomic E-state index is 9.65. The van der Waals surface area contributed by atoms with Gasteiger partial charge in [0.1, 0.15) is 0 Å². The van der Waals surface area contributed by atoms with Crippen molar-refractivity contribution in [3.8, 4) is 0 Å². The summed E-state index contributed by atoms with van der Waals surface area (Å²) >= 11 is 0. The van der Waals surface area contributed by atoms with Crippen molar-refractivity contribution in [2.24, 2.45) is 10.4 Å². The second-order valence-corrected chi connectivity index (χ2v) is 9.52. The molecule has 2 heterocycles. The second kappa shape index (κ2) is 9.96. The monoisotopic (exact) mass is 514 g/mol. The average Bonchev–Trinajstić information content (AvgIpc) is 2.66. The highest BCUT2D eigenvalue weighted by Crippen LogP contribution is 2.46. The molecule has 0 amide bonds. The first kappa shape index (κ1) is 24.4. The van der Waals surface area contributed by atoms with Crippen LogP contribution in [-0.4, -0.2) is 58.7 Å². The summed E-state index contributed by atoms with van der Waals surface area (Å²) in [5.41, 5.74) is 2.99. The Bertz CT molecular complexity index is 679. The molecule has 0 saturated carbocycles. The van der Waals surface area contributed by atoms with Gasteiger partial charge in [0.15, 0.2) is 5.96 Å². The van der Waals surface area contributed by atoms with Gasteiger partial charge in [-0.3, -0.25) is 4.90 Å². The van der Waals surface area contributed by atoms with Crippen LogP contribution in [0.5, 0.6) is 0 Å². The van der Waals surface area contributed by atoms with E-state index in [9.17, 15) is 5.11 Å². The highest BCUT2D eigenvalue weighted by molar-refractivity contribution is 14.0. The van der Waals surface area contributed by atoms with Crippen LogP contribution in [0.1, 0.15) is 58.6 Å². The van der Waals surface area contributed by atoms with Crippen molar-refractivity contribution in [3.05, 3.63) is 35.4 Å². The SMILES string of the molecule is CCNC(=NCc1ccc(CN2CCC(O)CC2)cc1)N1CC(C)(C)C1(C)C.I. The molecule has 0 spiro atoms. The van der Waals surface area contributed by atoms with Gasteiger partial charge in [-0.1, -0.05) is 38.1 Å². The molecule has 1 aromatic carbocycles. The number of aliphatic hydroxyl groups is 1. The zero-order valence-electron chi connectivity index (χ0n) is 18.7. The van der Waals surface area contributed by atoms with Crippen LogP contribution >= 0.6 is 24.0 Å². The Balaban J connectivity index is 0.00000300. The molecule has 0 radical (unpaired) electrons. The van der Waals surface area contributed by atoms with E-state index in [-0.39, 0.29) is 35.6 Å². The van der Waals surface area contributed by atoms with Crippen molar-refractivity contribution in [2.45, 2.75) is 72.2 Å². The third-order valence-corrected chi connectivity index (χ3v) is 6.87. The first-order chi connectivity index (χ1) is 13.2. The van der Waals surface area contributed by atoms with Crippen LogP contribution in [-0.2, 0) is 13.1 Å². The number of aliphatic hydroxyl groups excluding tert-OH is 1. The molecule has 0 atom stereocenters. The van der Waals surface area contributed by atoms with E-state index in [2.05, 4.69) is 74.0 Å². The first-order valence-electron chi connectivity index (χ1n) is 10.8. The number of likely N-dealkylation sites (tertiary alicyclic amines) is 2. The van der Waals surface area contributed by atoms with E-state index < -0.39 is 0 Å². The van der Waals surface area contributed by atoms with Crippen molar-refractivity contribution < 1.29 is 5.11 Å². The number of hydrogen-bond acceptors (Lipinski definition) is 3. The van der Waals surface area contributed by atoms with Gasteiger partial charge in [-0.25, -0.2) is 4.99 Å². The molecule has 6 heteroatoms. The fraction of sp³-hybridized carbons (Fsp3) is 0.696. The molecular weight excluding hydrogens is 475 g/mol. The zero-order chi connectivity index (χ0) is 20.4. The molecule has 2 saturated heterocycles. The third-order valence-electron chi connectivity index (χ3n) is 6.87. The minimum atomic E-state index is -0.107. The molecule has 2 aliphatic rings. The van der Waals surface area contributed by atoms with Gasteiger partial charge in [0, 0.05) is 43.7 Å². The largest absolute Gasteiger partial charge is 0.393 e. The Kier molecular flexibility index (Phi) is 8.39. The van der Waals surface area contributed by atoms with Crippen LogP contribution in [0.15, 0.2) is 29.3 Å². The van der Waals surface area contributed by atoms with E-state index in [0.29, 0.717) is 12.0 Å². The van der Waals surface area contributed by atoms with Gasteiger partial charge < -0.3 is 15.3 Å². The van der Waals surface area contributed by atoms with Crippen molar-refractivity contribution in [1.82, 2.24) is 15.1 Å². The molecule has 1 aromatic rings. The zero-order valence-corrected chi connectivity index (χ0v) is 21.1. The average molecular weight is 514 g/mol. The quantitative estimate of drug-likeness (QED) is 0.356. The summed E-state index contributed by atoms with van der Waals surface area (Å²) < 4.78 is 0. The van der Waals surface area contributed by atoms with Gasteiger partial charge in [-0.2, -0.15) is 0 Å². The van der Waals surface area contributed by atoms with Crippen molar-refractivity contribution in [1.29, 1.82) is 0 Å². The number of hydrogen-bond donors (Lipinski definition) is 2. The Morgan fingerprint density at radius 1 is 1.10 bits per heavy atom. The molecule has 2 N–H and O–H groups in total. The molecule has 0 aromatic heterocycles. The fourth-order valence-electron chi connectivity index (χ4n) is 4.05. The predicted molar refractivity (Wildman–Crippen MR) is 132 cm³/mol. The van der Waals surface area contributed by atoms with Gasteiger partial charge in [0.25, 0.3) is 0 Å². The molecule has 3 rings (SSSR count). The van der Waals surface area contributed by atoms with Crippen molar-refractivity contribution >= 4 is 29.9 Å². The molecular formula is C23H39IN4O. The van der Waals surface area contributed by atoms with Crippen LogP contribution in [0.2, 0.25) is 0 Å². The van der Waals surface area contributed by atoms with Gasteiger partial charge in [0.2, 0.25) is 0 Å². The summed E-state index contributed by atoms with van der Waals surface area (Å²) in [6.07, 6.45) is 1.68. The Morgan fingerprint density at radius 3 is 2.21 bits per heavy atom. The number of benzene rings is 1. The lowest BCUT2D eigenvalue weighted by Crippen LogP contribution is -2.72. The maximum absolute atomic E-state index is 9.65. The number of halogens is 1. The Morgan fingerprint density at radius 2 is 1.69 bits per heavy atom. The molecule has 29 heavy (non-hydrogen) atoms. The lowest BCUT2D eigenvalue weighted by molar-refractivity contribution is -0.0667. The van der Waals surface area contributed by atoms with Crippen LogP contribution in [0, 0.1) is 5.41 Å². The standard InChI is InChI=1S/C23H38N4O.HI/c1-6-24-21(27-17-22(2,3)23(27,4)5)25-15-18-7-9-19(10-8-18)16-26-13-11-20(28)12-14-26;/h7-10,20,28H,6,11-17H2,1-5H3,(H,24,25);1H.